The van der Waals surface area contributed by atoms with E-state index in [1.165, 1.54) is 4.88 Å². The van der Waals surface area contributed by atoms with Crippen LogP contribution in [0, 0.1) is 3.57 Å². The summed E-state index contributed by atoms with van der Waals surface area (Å²) in [5, 5.41) is 4.19. The molecule has 2 aromatic heterocycles. The van der Waals surface area contributed by atoms with Gasteiger partial charge in [-0.15, -0.1) is 11.3 Å². The van der Waals surface area contributed by atoms with Crippen molar-refractivity contribution in [3.05, 3.63) is 37.3 Å². The Hall–Kier alpha value is -0.0700. The standard InChI is InChI=1S/C8H6ClIN2S/c9-8-2-1-7(13-8)5-12-4-6(10)3-11-12/h1-4H,5H2. The lowest BCUT2D eigenvalue weighted by Crippen LogP contribution is -1.97. The summed E-state index contributed by atoms with van der Waals surface area (Å²) < 4.78 is 3.89. The minimum atomic E-state index is 0.806. The maximum absolute atomic E-state index is 5.82. The van der Waals surface area contributed by atoms with Crippen molar-refractivity contribution < 1.29 is 0 Å². The van der Waals surface area contributed by atoms with E-state index < -0.39 is 0 Å². The van der Waals surface area contributed by atoms with E-state index in [1.54, 1.807) is 11.3 Å². The van der Waals surface area contributed by atoms with Gasteiger partial charge in [0.25, 0.3) is 0 Å². The molecule has 13 heavy (non-hydrogen) atoms. The molecule has 0 unspecified atom stereocenters. The molecule has 2 nitrogen and oxygen atoms in total. The molecule has 2 aromatic rings. The van der Waals surface area contributed by atoms with Crippen LogP contribution >= 0.6 is 45.5 Å². The quantitative estimate of drug-likeness (QED) is 0.775. The third kappa shape index (κ3) is 2.45. The van der Waals surface area contributed by atoms with E-state index in [1.807, 2.05) is 29.2 Å². The molecule has 0 fully saturated rings. The lowest BCUT2D eigenvalue weighted by molar-refractivity contribution is 0.694. The largest absolute Gasteiger partial charge is 0.266 e. The van der Waals surface area contributed by atoms with Gasteiger partial charge in [0.15, 0.2) is 0 Å². The number of hydrogen-bond acceptors (Lipinski definition) is 2. The van der Waals surface area contributed by atoms with Crippen molar-refractivity contribution in [2.75, 3.05) is 0 Å². The van der Waals surface area contributed by atoms with E-state index in [4.69, 9.17) is 11.6 Å². The SMILES string of the molecule is Clc1ccc(Cn2cc(I)cn2)s1. The Bertz CT molecular complexity index is 371. The van der Waals surface area contributed by atoms with Crippen LogP contribution in [0.5, 0.6) is 0 Å². The first-order chi connectivity index (χ1) is 6.24. The Balaban J connectivity index is 2.14. The van der Waals surface area contributed by atoms with Gasteiger partial charge in [-0.3, -0.25) is 4.68 Å². The van der Waals surface area contributed by atoms with E-state index in [9.17, 15) is 0 Å². The average Bonchev–Trinajstić information content (AvgIpc) is 2.62. The van der Waals surface area contributed by atoms with Gasteiger partial charge in [-0.2, -0.15) is 5.10 Å². The smallest absolute Gasteiger partial charge is 0.0931 e. The van der Waals surface area contributed by atoms with Crippen molar-refractivity contribution in [1.82, 2.24) is 9.78 Å². The number of thiophene rings is 1. The third-order valence-corrected chi connectivity index (χ3v) is 3.32. The first-order valence-electron chi connectivity index (χ1n) is 3.66. The molecule has 0 atom stereocenters. The molecule has 0 aliphatic carbocycles. The van der Waals surface area contributed by atoms with Crippen molar-refractivity contribution in [3.63, 3.8) is 0 Å². The Morgan fingerprint density at radius 3 is 2.92 bits per heavy atom. The zero-order chi connectivity index (χ0) is 9.26. The zero-order valence-corrected chi connectivity index (χ0v) is 10.3. The molecule has 0 N–H and O–H groups in total. The Labute approximate surface area is 98.7 Å². The number of aromatic nitrogens is 2. The fourth-order valence-corrected chi connectivity index (χ4v) is 2.55. The van der Waals surface area contributed by atoms with Crippen LogP contribution in [-0.2, 0) is 6.54 Å². The van der Waals surface area contributed by atoms with Gasteiger partial charge in [-0.25, -0.2) is 0 Å². The summed E-state index contributed by atoms with van der Waals surface area (Å²) in [5.41, 5.74) is 0. The lowest BCUT2D eigenvalue weighted by Gasteiger charge is -1.95. The molecule has 2 heterocycles. The van der Waals surface area contributed by atoms with Gasteiger partial charge < -0.3 is 0 Å². The van der Waals surface area contributed by atoms with Gasteiger partial charge in [-0.05, 0) is 34.7 Å². The number of nitrogens with zero attached hydrogens (tertiary/aromatic N) is 2. The van der Waals surface area contributed by atoms with E-state index in [0.717, 1.165) is 14.5 Å². The van der Waals surface area contributed by atoms with Crippen LogP contribution in [0.1, 0.15) is 4.88 Å². The monoisotopic (exact) mass is 324 g/mol. The zero-order valence-electron chi connectivity index (χ0n) is 6.58. The maximum Gasteiger partial charge on any atom is 0.0931 e. The Morgan fingerprint density at radius 2 is 2.38 bits per heavy atom. The van der Waals surface area contributed by atoms with Crippen molar-refractivity contribution in [1.29, 1.82) is 0 Å². The summed E-state index contributed by atoms with van der Waals surface area (Å²) in [4.78, 5) is 1.23. The minimum absolute atomic E-state index is 0.806. The summed E-state index contributed by atoms with van der Waals surface area (Å²) >= 11 is 9.66. The average molecular weight is 325 g/mol. The summed E-state index contributed by atoms with van der Waals surface area (Å²) in [6, 6.07) is 3.94. The van der Waals surface area contributed by atoms with Crippen molar-refractivity contribution >= 4 is 45.5 Å². The molecular weight excluding hydrogens is 319 g/mol. The van der Waals surface area contributed by atoms with Gasteiger partial charge in [0.2, 0.25) is 0 Å². The number of hydrogen-bond donors (Lipinski definition) is 0. The molecule has 0 saturated carbocycles. The van der Waals surface area contributed by atoms with Crippen LogP contribution < -0.4 is 0 Å². The van der Waals surface area contributed by atoms with Crippen molar-refractivity contribution in [2.45, 2.75) is 6.54 Å². The van der Waals surface area contributed by atoms with Crippen LogP contribution in [0.3, 0.4) is 0 Å². The molecule has 0 aliphatic rings. The predicted molar refractivity (Wildman–Crippen MR) is 63.4 cm³/mol. The van der Waals surface area contributed by atoms with Crippen LogP contribution in [0.2, 0.25) is 4.34 Å². The number of halogens is 2. The predicted octanol–water partition coefficient (Wildman–Crippen LogP) is 3.25. The first kappa shape index (κ1) is 9.48. The summed E-state index contributed by atoms with van der Waals surface area (Å²) in [6.07, 6.45) is 3.85. The molecule has 0 aliphatic heterocycles. The van der Waals surface area contributed by atoms with Crippen LogP contribution in [0.4, 0.5) is 0 Å². The van der Waals surface area contributed by atoms with Crippen LogP contribution in [0.15, 0.2) is 24.5 Å². The molecule has 0 spiro atoms. The number of rotatable bonds is 2. The second-order valence-electron chi connectivity index (χ2n) is 2.56. The fourth-order valence-electron chi connectivity index (χ4n) is 1.02. The molecule has 0 bridgehead atoms. The summed E-state index contributed by atoms with van der Waals surface area (Å²) in [6.45, 7) is 0.806. The second-order valence-corrected chi connectivity index (χ2v) is 5.61. The molecular formula is C8H6ClIN2S. The highest BCUT2D eigenvalue weighted by molar-refractivity contribution is 14.1. The maximum atomic E-state index is 5.82. The van der Waals surface area contributed by atoms with Gasteiger partial charge in [0, 0.05) is 11.1 Å². The molecule has 0 saturated heterocycles. The highest BCUT2D eigenvalue weighted by atomic mass is 127. The molecule has 5 heteroatoms. The fraction of sp³-hybridized carbons (Fsp3) is 0.125. The second kappa shape index (κ2) is 3.98. The molecule has 68 valence electrons. The molecule has 0 amide bonds. The normalized spacial score (nSPS) is 10.6. The minimum Gasteiger partial charge on any atom is -0.266 e. The first-order valence-corrected chi connectivity index (χ1v) is 5.93. The Morgan fingerprint density at radius 1 is 1.54 bits per heavy atom. The van der Waals surface area contributed by atoms with E-state index in [2.05, 4.69) is 27.7 Å². The molecule has 0 aromatic carbocycles. The lowest BCUT2D eigenvalue weighted by atomic mass is 10.5. The third-order valence-electron chi connectivity index (χ3n) is 1.55. The Kier molecular flexibility index (Phi) is 2.90. The van der Waals surface area contributed by atoms with E-state index in [0.29, 0.717) is 0 Å². The highest BCUT2D eigenvalue weighted by Gasteiger charge is 2.00. The summed E-state index contributed by atoms with van der Waals surface area (Å²) in [5.74, 6) is 0. The van der Waals surface area contributed by atoms with Crippen molar-refractivity contribution in [2.24, 2.45) is 0 Å². The van der Waals surface area contributed by atoms with Crippen LogP contribution in [-0.4, -0.2) is 9.78 Å². The van der Waals surface area contributed by atoms with Crippen molar-refractivity contribution in [3.8, 4) is 0 Å². The van der Waals surface area contributed by atoms with Gasteiger partial charge in [0.1, 0.15) is 0 Å². The van der Waals surface area contributed by atoms with Gasteiger partial charge in [-0.1, -0.05) is 11.6 Å². The van der Waals surface area contributed by atoms with Crippen LogP contribution in [0.25, 0.3) is 0 Å². The molecule has 2 rings (SSSR count). The van der Waals surface area contributed by atoms with Gasteiger partial charge >= 0.3 is 0 Å². The topological polar surface area (TPSA) is 17.8 Å². The van der Waals surface area contributed by atoms with E-state index >= 15 is 0 Å². The van der Waals surface area contributed by atoms with Gasteiger partial charge in [0.05, 0.1) is 20.6 Å². The van der Waals surface area contributed by atoms with E-state index in [-0.39, 0.29) is 0 Å². The highest BCUT2D eigenvalue weighted by Crippen LogP contribution is 2.22. The summed E-state index contributed by atoms with van der Waals surface area (Å²) in [7, 11) is 0. The molecule has 0 radical (unpaired) electrons.